The van der Waals surface area contributed by atoms with E-state index in [-0.39, 0.29) is 44.8 Å². The van der Waals surface area contributed by atoms with Crippen molar-refractivity contribution in [2.24, 2.45) is 0 Å². The van der Waals surface area contributed by atoms with E-state index < -0.39 is 28.6 Å². The smallest absolute Gasteiger partial charge is 0.208 e. The highest BCUT2D eigenvalue weighted by atomic mass is 16.5. The maximum atomic E-state index is 14.1. The van der Waals surface area contributed by atoms with Gasteiger partial charge in [-0.3, -0.25) is 4.79 Å². The molecule has 43 heavy (non-hydrogen) atoms. The van der Waals surface area contributed by atoms with E-state index in [2.05, 4.69) is 0 Å². The van der Waals surface area contributed by atoms with Gasteiger partial charge in [0.2, 0.25) is 22.7 Å². The average Bonchev–Trinajstić information content (AvgIpc) is 3.02. The van der Waals surface area contributed by atoms with Crippen LogP contribution in [0.25, 0.3) is 21.9 Å². The molecule has 0 amide bonds. The van der Waals surface area contributed by atoms with Crippen molar-refractivity contribution >= 4 is 21.9 Å². The average molecular weight is 591 g/mol. The van der Waals surface area contributed by atoms with E-state index in [1.807, 2.05) is 30.3 Å². The highest BCUT2D eigenvalue weighted by Crippen LogP contribution is 2.54. The Morgan fingerprint density at radius 2 is 1.23 bits per heavy atom. The van der Waals surface area contributed by atoms with E-state index in [9.17, 15) is 20.1 Å². The van der Waals surface area contributed by atoms with Crippen molar-refractivity contribution in [1.29, 1.82) is 0 Å². The minimum atomic E-state index is -0.883. The maximum absolute atomic E-state index is 14.1. The molecule has 1 aromatic heterocycles. The molecule has 1 atom stereocenters. The lowest BCUT2D eigenvalue weighted by atomic mass is 9.82. The van der Waals surface area contributed by atoms with E-state index in [1.54, 1.807) is 12.1 Å². The summed E-state index contributed by atoms with van der Waals surface area (Å²) in [4.78, 5) is 14.1. The lowest BCUT2D eigenvalue weighted by Crippen LogP contribution is -2.11. The Balaban J connectivity index is 2.04. The number of hydrogen-bond acceptors (Lipinski definition) is 11. The zero-order valence-corrected chi connectivity index (χ0v) is 24.3. The molecule has 11 heteroatoms. The van der Waals surface area contributed by atoms with Gasteiger partial charge in [0.1, 0.15) is 11.1 Å². The van der Waals surface area contributed by atoms with Crippen molar-refractivity contribution in [2.75, 3.05) is 42.7 Å². The molecule has 0 spiro atoms. The summed E-state index contributed by atoms with van der Waals surface area (Å²) in [6, 6.07) is 13.7. The number of phenols is 3. The van der Waals surface area contributed by atoms with Crippen LogP contribution in [0.2, 0.25) is 0 Å². The topological polar surface area (TPSA) is 146 Å². The number of rotatable bonds is 9. The Morgan fingerprint density at radius 1 is 0.628 bits per heavy atom. The molecule has 224 valence electrons. The number of hydrogen-bond donors (Lipinski definition) is 3. The quantitative estimate of drug-likeness (QED) is 0.152. The molecule has 0 aliphatic rings. The first kappa shape index (κ1) is 29.1. The van der Waals surface area contributed by atoms with E-state index in [1.165, 1.54) is 48.7 Å². The van der Waals surface area contributed by atoms with Crippen molar-refractivity contribution in [3.05, 3.63) is 75.4 Å². The van der Waals surface area contributed by atoms with Gasteiger partial charge in [-0.05, 0) is 17.7 Å². The largest absolute Gasteiger partial charge is 0.504 e. The molecule has 0 saturated heterocycles. The molecule has 1 heterocycles. The van der Waals surface area contributed by atoms with Gasteiger partial charge in [-0.25, -0.2) is 0 Å². The second-order valence-corrected chi connectivity index (χ2v) is 9.41. The zero-order chi connectivity index (χ0) is 31.0. The van der Waals surface area contributed by atoms with Crippen molar-refractivity contribution in [1.82, 2.24) is 0 Å². The third-order valence-corrected chi connectivity index (χ3v) is 7.34. The van der Waals surface area contributed by atoms with Gasteiger partial charge in [0, 0.05) is 17.5 Å². The van der Waals surface area contributed by atoms with Gasteiger partial charge >= 0.3 is 0 Å². The summed E-state index contributed by atoms with van der Waals surface area (Å²) in [5.41, 5.74) is 0.234. The lowest BCUT2D eigenvalue weighted by Gasteiger charge is -2.25. The molecule has 0 aliphatic carbocycles. The van der Waals surface area contributed by atoms with Gasteiger partial charge in [-0.15, -0.1) is 0 Å². The molecule has 4 aromatic carbocycles. The number of phenolic OH excluding ortho intramolecular Hbond substituents is 3. The second-order valence-electron chi connectivity index (χ2n) is 9.41. The molecule has 11 nitrogen and oxygen atoms in total. The van der Waals surface area contributed by atoms with Crippen LogP contribution in [0.3, 0.4) is 0 Å². The molecular weight excluding hydrogens is 560 g/mol. The van der Waals surface area contributed by atoms with Crippen LogP contribution in [0.1, 0.15) is 22.6 Å². The first-order chi connectivity index (χ1) is 20.8. The van der Waals surface area contributed by atoms with Gasteiger partial charge in [0.15, 0.2) is 39.9 Å². The molecule has 0 radical (unpaired) electrons. The fourth-order valence-electron chi connectivity index (χ4n) is 5.36. The normalized spacial score (nSPS) is 11.8. The SMILES string of the molecule is COc1cc(OC)c(C(c2ccccc2)c2c(O)c(OC)c(O)c3c(=O)c4cc(OC)c(O)c(OC)c4oc23)cc1OC. The van der Waals surface area contributed by atoms with Crippen LogP contribution in [0.4, 0.5) is 0 Å². The minimum Gasteiger partial charge on any atom is -0.504 e. The summed E-state index contributed by atoms with van der Waals surface area (Å²) < 4.78 is 39.2. The van der Waals surface area contributed by atoms with Crippen LogP contribution in [-0.4, -0.2) is 58.0 Å². The van der Waals surface area contributed by atoms with Crippen molar-refractivity contribution in [3.8, 4) is 51.7 Å². The number of aromatic hydroxyl groups is 3. The number of fused-ring (bicyclic) bond motifs is 2. The molecule has 0 saturated carbocycles. The van der Waals surface area contributed by atoms with Gasteiger partial charge in [0.25, 0.3) is 0 Å². The predicted octanol–water partition coefficient (Wildman–Crippen LogP) is 5.29. The third-order valence-electron chi connectivity index (χ3n) is 7.34. The Morgan fingerprint density at radius 3 is 1.81 bits per heavy atom. The highest BCUT2D eigenvalue weighted by Gasteiger charge is 2.34. The number of ether oxygens (including phenoxy) is 6. The van der Waals surface area contributed by atoms with Crippen LogP contribution in [0.15, 0.2) is 57.7 Å². The Kier molecular flexibility index (Phi) is 7.73. The van der Waals surface area contributed by atoms with Crippen LogP contribution in [-0.2, 0) is 0 Å². The summed E-state index contributed by atoms with van der Waals surface area (Å²) in [5.74, 6) is -1.81. The van der Waals surface area contributed by atoms with Gasteiger partial charge in [-0.1, -0.05) is 30.3 Å². The van der Waals surface area contributed by atoms with Crippen molar-refractivity contribution in [3.63, 3.8) is 0 Å². The lowest BCUT2D eigenvalue weighted by molar-refractivity contribution is 0.338. The van der Waals surface area contributed by atoms with Crippen molar-refractivity contribution < 1.29 is 48.2 Å². The number of methoxy groups -OCH3 is 6. The summed E-state index contributed by atoms with van der Waals surface area (Å²) >= 11 is 0. The van der Waals surface area contributed by atoms with Gasteiger partial charge in [-0.2, -0.15) is 0 Å². The summed E-state index contributed by atoms with van der Waals surface area (Å²) in [6.07, 6.45) is 0. The second kappa shape index (κ2) is 11.4. The summed E-state index contributed by atoms with van der Waals surface area (Å²) in [7, 11) is 8.33. The van der Waals surface area contributed by atoms with Crippen LogP contribution in [0, 0.1) is 0 Å². The molecule has 5 aromatic rings. The summed E-state index contributed by atoms with van der Waals surface area (Å²) in [5, 5.41) is 33.5. The van der Waals surface area contributed by atoms with E-state index >= 15 is 0 Å². The standard InChI is InChI=1S/C32H30O11/c1-37-18-14-20(39-3)19(38-2)12-16(18)22(15-10-8-7-9-11-15)23-27(35)31(41-5)28(36)24-25(33)17-13-21(40-4)26(34)32(42-6)29(17)43-30(23)24/h7-14,22,34-36H,1-6H3. The van der Waals surface area contributed by atoms with Gasteiger partial charge in [0.05, 0.1) is 53.6 Å². The molecular formula is C32H30O11. The molecule has 5 rings (SSSR count). The maximum Gasteiger partial charge on any atom is 0.208 e. The fourth-order valence-corrected chi connectivity index (χ4v) is 5.36. The molecule has 1 unspecified atom stereocenters. The zero-order valence-electron chi connectivity index (χ0n) is 24.3. The molecule has 0 aliphatic heterocycles. The minimum absolute atomic E-state index is 0.0429. The van der Waals surface area contributed by atoms with E-state index in [0.717, 1.165) is 0 Å². The highest BCUT2D eigenvalue weighted by molar-refractivity contribution is 6.01. The van der Waals surface area contributed by atoms with E-state index in [4.69, 9.17) is 32.8 Å². The Hall–Kier alpha value is -5.45. The van der Waals surface area contributed by atoms with Crippen LogP contribution in [0.5, 0.6) is 51.7 Å². The third kappa shape index (κ3) is 4.49. The molecule has 3 N–H and O–H groups in total. The predicted molar refractivity (Wildman–Crippen MR) is 158 cm³/mol. The number of benzene rings is 4. The van der Waals surface area contributed by atoms with Gasteiger partial charge < -0.3 is 48.2 Å². The van der Waals surface area contributed by atoms with E-state index in [0.29, 0.717) is 28.4 Å². The Bertz CT molecular complexity index is 1890. The first-order valence-electron chi connectivity index (χ1n) is 13.0. The monoisotopic (exact) mass is 590 g/mol. The Labute approximate surface area is 245 Å². The molecule has 0 fully saturated rings. The first-order valence-corrected chi connectivity index (χ1v) is 13.0. The molecule has 0 bridgehead atoms. The van der Waals surface area contributed by atoms with Crippen molar-refractivity contribution in [2.45, 2.75) is 5.92 Å². The van der Waals surface area contributed by atoms with Crippen LogP contribution >= 0.6 is 0 Å². The summed E-state index contributed by atoms with van der Waals surface area (Å²) in [6.45, 7) is 0. The van der Waals surface area contributed by atoms with Crippen LogP contribution < -0.4 is 33.8 Å². The fraction of sp³-hybridized carbons (Fsp3) is 0.219.